The van der Waals surface area contributed by atoms with Gasteiger partial charge in [0, 0.05) is 5.69 Å². The van der Waals surface area contributed by atoms with Crippen LogP contribution >= 0.6 is 0 Å². The number of ether oxygens (including phenoxy) is 1. The molecule has 0 bridgehead atoms. The normalized spacial score (nSPS) is 21.0. The van der Waals surface area contributed by atoms with Crippen LogP contribution < -0.4 is 5.32 Å². The number of carbonyl (C=O) groups excluding carboxylic acids is 1. The number of cyclic esters (lactones) is 1. The molecule has 0 radical (unpaired) electrons. The summed E-state index contributed by atoms with van der Waals surface area (Å²) in [6.45, 7) is 2.42. The molecule has 1 atom stereocenters. The van der Waals surface area contributed by atoms with Crippen molar-refractivity contribution >= 4 is 6.09 Å². The SMILES string of the molecule is Cc1cccc(C2CNC(=O)O2)n1. The standard InChI is InChI=1S/C9H10N2O2/c1-6-3-2-4-7(11-6)8-5-10-9(12)13-8/h2-4,8H,5H2,1H3,(H,10,12). The second-order valence-electron chi connectivity index (χ2n) is 2.98. The molecule has 4 nitrogen and oxygen atoms in total. The van der Waals surface area contributed by atoms with Gasteiger partial charge in [-0.1, -0.05) is 6.07 Å². The molecular formula is C9H10N2O2. The molecule has 0 aliphatic carbocycles. The van der Waals surface area contributed by atoms with Gasteiger partial charge in [0.05, 0.1) is 12.2 Å². The number of alkyl carbamates (subject to hydrolysis) is 1. The van der Waals surface area contributed by atoms with Crippen LogP contribution in [0.5, 0.6) is 0 Å². The zero-order valence-electron chi connectivity index (χ0n) is 7.28. The van der Waals surface area contributed by atoms with Gasteiger partial charge < -0.3 is 10.1 Å². The first-order valence-electron chi connectivity index (χ1n) is 4.14. The van der Waals surface area contributed by atoms with Crippen molar-refractivity contribution < 1.29 is 9.53 Å². The first-order valence-corrected chi connectivity index (χ1v) is 4.14. The minimum Gasteiger partial charge on any atom is -0.438 e. The van der Waals surface area contributed by atoms with Crippen LogP contribution in [0.4, 0.5) is 4.79 Å². The summed E-state index contributed by atoms with van der Waals surface area (Å²) in [6.07, 6.45) is -0.597. The summed E-state index contributed by atoms with van der Waals surface area (Å²) >= 11 is 0. The van der Waals surface area contributed by atoms with E-state index >= 15 is 0 Å². The highest BCUT2D eigenvalue weighted by molar-refractivity contribution is 5.69. The van der Waals surface area contributed by atoms with Gasteiger partial charge in [0.2, 0.25) is 0 Å². The summed E-state index contributed by atoms with van der Waals surface area (Å²) in [5.74, 6) is 0. The highest BCUT2D eigenvalue weighted by atomic mass is 16.6. The van der Waals surface area contributed by atoms with Crippen LogP contribution in [0, 0.1) is 6.92 Å². The van der Waals surface area contributed by atoms with E-state index in [0.717, 1.165) is 11.4 Å². The second-order valence-corrected chi connectivity index (χ2v) is 2.98. The van der Waals surface area contributed by atoms with Gasteiger partial charge in [0.25, 0.3) is 0 Å². The summed E-state index contributed by atoms with van der Waals surface area (Å²) in [7, 11) is 0. The molecule has 1 fully saturated rings. The van der Waals surface area contributed by atoms with Crippen molar-refractivity contribution in [1.29, 1.82) is 0 Å². The van der Waals surface area contributed by atoms with Crippen molar-refractivity contribution in [3.05, 3.63) is 29.6 Å². The van der Waals surface area contributed by atoms with E-state index in [0.29, 0.717) is 6.54 Å². The Balaban J connectivity index is 2.21. The van der Waals surface area contributed by atoms with Crippen molar-refractivity contribution in [2.45, 2.75) is 13.0 Å². The maximum absolute atomic E-state index is 10.8. The highest BCUT2D eigenvalue weighted by Crippen LogP contribution is 2.18. The lowest BCUT2D eigenvalue weighted by Gasteiger charge is -2.06. The molecule has 1 unspecified atom stereocenters. The molecule has 1 aromatic heterocycles. The molecule has 0 saturated carbocycles. The molecule has 2 heterocycles. The Morgan fingerprint density at radius 1 is 1.62 bits per heavy atom. The predicted octanol–water partition coefficient (Wildman–Crippen LogP) is 1.17. The molecule has 1 N–H and O–H groups in total. The number of aryl methyl sites for hydroxylation is 1. The van der Waals surface area contributed by atoms with Crippen molar-refractivity contribution in [2.24, 2.45) is 0 Å². The van der Waals surface area contributed by atoms with E-state index in [1.165, 1.54) is 0 Å². The van der Waals surface area contributed by atoms with Crippen molar-refractivity contribution in [3.63, 3.8) is 0 Å². The Labute approximate surface area is 75.9 Å². The molecule has 0 aromatic carbocycles. The van der Waals surface area contributed by atoms with Crippen molar-refractivity contribution in [1.82, 2.24) is 10.3 Å². The minimum absolute atomic E-state index is 0.229. The minimum atomic E-state index is -0.367. The van der Waals surface area contributed by atoms with Crippen LogP contribution in [0.1, 0.15) is 17.5 Å². The fraction of sp³-hybridized carbons (Fsp3) is 0.333. The van der Waals surface area contributed by atoms with Gasteiger partial charge in [-0.15, -0.1) is 0 Å². The molecule has 1 amide bonds. The Morgan fingerprint density at radius 2 is 2.46 bits per heavy atom. The predicted molar refractivity (Wildman–Crippen MR) is 46.2 cm³/mol. The van der Waals surface area contributed by atoms with Gasteiger partial charge in [-0.3, -0.25) is 4.98 Å². The fourth-order valence-corrected chi connectivity index (χ4v) is 1.30. The number of amides is 1. The maximum Gasteiger partial charge on any atom is 0.408 e. The van der Waals surface area contributed by atoms with Crippen LogP contribution in [0.25, 0.3) is 0 Å². The smallest absolute Gasteiger partial charge is 0.408 e. The van der Waals surface area contributed by atoms with Gasteiger partial charge in [-0.25, -0.2) is 4.79 Å². The summed E-state index contributed by atoms with van der Waals surface area (Å²) < 4.78 is 4.99. The Hall–Kier alpha value is -1.58. The molecule has 13 heavy (non-hydrogen) atoms. The molecule has 2 rings (SSSR count). The van der Waals surface area contributed by atoms with Gasteiger partial charge in [-0.05, 0) is 19.1 Å². The fourth-order valence-electron chi connectivity index (χ4n) is 1.30. The number of rotatable bonds is 1. The number of nitrogens with zero attached hydrogens (tertiary/aromatic N) is 1. The summed E-state index contributed by atoms with van der Waals surface area (Å²) in [6, 6.07) is 5.68. The number of pyridine rings is 1. The lowest BCUT2D eigenvalue weighted by atomic mass is 10.2. The number of hydrogen-bond donors (Lipinski definition) is 1. The van der Waals surface area contributed by atoms with Crippen LogP contribution in [-0.4, -0.2) is 17.6 Å². The molecule has 68 valence electrons. The number of carbonyl (C=O) groups is 1. The van der Waals surface area contributed by atoms with Gasteiger partial charge in [-0.2, -0.15) is 0 Å². The summed E-state index contributed by atoms with van der Waals surface area (Å²) in [4.78, 5) is 15.0. The maximum atomic E-state index is 10.8. The molecule has 0 spiro atoms. The zero-order chi connectivity index (χ0) is 9.26. The molecule has 4 heteroatoms. The Morgan fingerprint density at radius 3 is 3.08 bits per heavy atom. The molecule has 1 aliphatic heterocycles. The zero-order valence-corrected chi connectivity index (χ0v) is 7.28. The molecule has 1 aromatic rings. The Kier molecular flexibility index (Phi) is 1.88. The molecule has 1 aliphatic rings. The summed E-state index contributed by atoms with van der Waals surface area (Å²) in [5.41, 5.74) is 1.73. The average molecular weight is 178 g/mol. The summed E-state index contributed by atoms with van der Waals surface area (Å²) in [5, 5.41) is 2.59. The van der Waals surface area contributed by atoms with E-state index in [2.05, 4.69) is 10.3 Å². The van der Waals surface area contributed by atoms with Gasteiger partial charge in [0.1, 0.15) is 0 Å². The first kappa shape index (κ1) is 8.04. The van der Waals surface area contributed by atoms with E-state index in [1.807, 2.05) is 25.1 Å². The van der Waals surface area contributed by atoms with Crippen LogP contribution in [0.3, 0.4) is 0 Å². The average Bonchev–Trinajstić information content (AvgIpc) is 2.52. The lowest BCUT2D eigenvalue weighted by Crippen LogP contribution is -2.12. The third kappa shape index (κ3) is 1.61. The van der Waals surface area contributed by atoms with Crippen LogP contribution in [0.2, 0.25) is 0 Å². The van der Waals surface area contributed by atoms with E-state index in [1.54, 1.807) is 0 Å². The molecule has 1 saturated heterocycles. The third-order valence-electron chi connectivity index (χ3n) is 1.92. The second kappa shape index (κ2) is 3.05. The Bertz CT molecular complexity index is 338. The first-order chi connectivity index (χ1) is 6.25. The van der Waals surface area contributed by atoms with E-state index in [9.17, 15) is 4.79 Å². The van der Waals surface area contributed by atoms with Crippen LogP contribution in [-0.2, 0) is 4.74 Å². The largest absolute Gasteiger partial charge is 0.438 e. The van der Waals surface area contributed by atoms with Gasteiger partial charge >= 0.3 is 6.09 Å². The third-order valence-corrected chi connectivity index (χ3v) is 1.92. The van der Waals surface area contributed by atoms with Crippen molar-refractivity contribution in [2.75, 3.05) is 6.54 Å². The van der Waals surface area contributed by atoms with Crippen molar-refractivity contribution in [3.8, 4) is 0 Å². The quantitative estimate of drug-likeness (QED) is 0.702. The van der Waals surface area contributed by atoms with E-state index in [4.69, 9.17) is 4.74 Å². The van der Waals surface area contributed by atoms with E-state index in [-0.39, 0.29) is 12.2 Å². The van der Waals surface area contributed by atoms with Gasteiger partial charge in [0.15, 0.2) is 6.10 Å². The van der Waals surface area contributed by atoms with E-state index < -0.39 is 0 Å². The lowest BCUT2D eigenvalue weighted by molar-refractivity contribution is 0.139. The number of hydrogen-bond acceptors (Lipinski definition) is 3. The highest BCUT2D eigenvalue weighted by Gasteiger charge is 2.24. The number of aromatic nitrogens is 1. The van der Waals surface area contributed by atoms with Crippen LogP contribution in [0.15, 0.2) is 18.2 Å². The molecular weight excluding hydrogens is 168 g/mol. The monoisotopic (exact) mass is 178 g/mol. The number of nitrogens with one attached hydrogen (secondary N) is 1. The topological polar surface area (TPSA) is 51.2 Å².